The summed E-state index contributed by atoms with van der Waals surface area (Å²) in [7, 11) is 0. The number of carboxylic acids is 3. The minimum absolute atomic E-state index is 0. The Balaban J connectivity index is -0.00000133. The molecule has 108 valence electrons. The maximum atomic E-state index is 11.1. The predicted molar refractivity (Wildman–Crippen MR) is 58.2 cm³/mol. The van der Waals surface area contributed by atoms with Crippen molar-refractivity contribution >= 4 is 17.9 Å². The molecule has 1 rings (SSSR count). The molecule has 0 bridgehead atoms. The van der Waals surface area contributed by atoms with Gasteiger partial charge < -0.3 is 34.4 Å². The fourth-order valence-corrected chi connectivity index (χ4v) is 1.63. The summed E-state index contributed by atoms with van der Waals surface area (Å²) in [5, 5.41) is 32.3. The number of hydrogen-bond donors (Lipinski definition) is 0. The van der Waals surface area contributed by atoms with Gasteiger partial charge in [0, 0.05) is 24.8 Å². The molecule has 7 nitrogen and oxygen atoms in total. The van der Waals surface area contributed by atoms with Gasteiger partial charge in [-0.3, -0.25) is 0 Å². The largest absolute Gasteiger partial charge is 1.00 e. The van der Waals surface area contributed by atoms with Crippen LogP contribution in [0.1, 0.15) is 18.4 Å². The predicted octanol–water partition coefficient (Wildman–Crippen LogP) is -12.0. The molecule has 0 saturated carbocycles. The molecule has 0 fully saturated rings. The van der Waals surface area contributed by atoms with Gasteiger partial charge in [-0.1, -0.05) is 30.3 Å². The van der Waals surface area contributed by atoms with E-state index in [-0.39, 0.29) is 95.3 Å². The number of benzene rings is 1. The van der Waals surface area contributed by atoms with Crippen molar-refractivity contribution < 1.29 is 123 Å². The summed E-state index contributed by atoms with van der Waals surface area (Å²) >= 11 is 0. The molecule has 1 aromatic carbocycles. The van der Waals surface area contributed by atoms with Crippen LogP contribution in [-0.2, 0) is 25.7 Å². The van der Waals surface area contributed by atoms with Crippen LogP contribution < -0.4 is 104 Å². The van der Waals surface area contributed by atoms with Gasteiger partial charge in [-0.15, -0.1) is 0 Å². The van der Waals surface area contributed by atoms with Crippen molar-refractivity contribution in [3.8, 4) is 0 Å². The van der Waals surface area contributed by atoms with Gasteiger partial charge in [0.1, 0.15) is 5.60 Å². The number of rotatable bonds is 8. The van der Waals surface area contributed by atoms with E-state index in [0.29, 0.717) is 5.56 Å². The van der Waals surface area contributed by atoms with Gasteiger partial charge in [0.2, 0.25) is 0 Å². The van der Waals surface area contributed by atoms with E-state index in [1.54, 1.807) is 30.3 Å². The Morgan fingerprint density at radius 2 is 1.30 bits per heavy atom. The number of ether oxygens (including phenoxy) is 1. The van der Waals surface area contributed by atoms with Crippen LogP contribution in [0.25, 0.3) is 0 Å². The molecule has 0 atom stereocenters. The zero-order valence-corrected chi connectivity index (χ0v) is 19.4. The molecule has 0 aliphatic rings. The van der Waals surface area contributed by atoms with E-state index in [1.165, 1.54) is 0 Å². The number of carboxylic acid groups (broad SMARTS) is 3. The molecule has 0 aliphatic heterocycles. The van der Waals surface area contributed by atoms with Crippen molar-refractivity contribution in [2.24, 2.45) is 0 Å². The molecule has 0 unspecified atom stereocenters. The smallest absolute Gasteiger partial charge is 0.550 e. The molecule has 1 aromatic rings. The first kappa shape index (κ1) is 28.4. The Labute approximate surface area is 199 Å². The maximum absolute atomic E-state index is 11.1. The van der Waals surface area contributed by atoms with E-state index < -0.39 is 36.4 Å². The van der Waals surface area contributed by atoms with Crippen molar-refractivity contribution in [3.63, 3.8) is 0 Å². The van der Waals surface area contributed by atoms with Crippen LogP contribution in [0.5, 0.6) is 0 Å². The van der Waals surface area contributed by atoms with Gasteiger partial charge in [0.25, 0.3) is 0 Å². The molecule has 0 spiro atoms. The normalized spacial score (nSPS) is 9.57. The monoisotopic (exact) mass is 348 g/mol. The fourth-order valence-electron chi connectivity index (χ4n) is 1.63. The number of aliphatic carboxylic acids is 3. The Morgan fingerprint density at radius 3 is 1.65 bits per heavy atom. The molecule has 23 heavy (non-hydrogen) atoms. The third-order valence-electron chi connectivity index (χ3n) is 2.59. The average Bonchev–Trinajstić information content (AvgIpc) is 2.35. The zero-order chi connectivity index (χ0) is 15.2. The Bertz CT molecular complexity index is 492. The molecule has 0 N–H and O–H groups in total. The summed E-state index contributed by atoms with van der Waals surface area (Å²) in [5.74, 6) is -5.46. The quantitative estimate of drug-likeness (QED) is 0.427. The topological polar surface area (TPSA) is 130 Å². The van der Waals surface area contributed by atoms with E-state index in [0.717, 1.165) is 0 Å². The molecule has 0 aliphatic carbocycles. The molecule has 0 heterocycles. The zero-order valence-electron chi connectivity index (χ0n) is 13.4. The summed E-state index contributed by atoms with van der Waals surface area (Å²) in [5.41, 5.74) is -1.97. The second kappa shape index (κ2) is 13.8. The van der Waals surface area contributed by atoms with E-state index in [1.807, 2.05) is 0 Å². The van der Waals surface area contributed by atoms with Crippen LogP contribution in [0.15, 0.2) is 30.3 Å². The Kier molecular flexibility index (Phi) is 17.1. The van der Waals surface area contributed by atoms with Crippen LogP contribution >= 0.6 is 0 Å². The van der Waals surface area contributed by atoms with Gasteiger partial charge in [-0.2, -0.15) is 0 Å². The minimum Gasteiger partial charge on any atom is -0.550 e. The van der Waals surface area contributed by atoms with E-state index in [9.17, 15) is 29.7 Å². The molecular formula is C13H11Na3O7. The van der Waals surface area contributed by atoms with Crippen molar-refractivity contribution in [1.29, 1.82) is 0 Å². The van der Waals surface area contributed by atoms with Crippen LogP contribution in [0, 0.1) is 0 Å². The first-order valence-electron chi connectivity index (χ1n) is 5.65. The van der Waals surface area contributed by atoms with Crippen LogP contribution in [0.2, 0.25) is 0 Å². The number of carbonyl (C=O) groups is 3. The summed E-state index contributed by atoms with van der Waals surface area (Å²) in [4.78, 5) is 32.3. The fraction of sp³-hybridized carbons (Fsp3) is 0.308. The summed E-state index contributed by atoms with van der Waals surface area (Å²) in [6.45, 7) is -0.282. The molecule has 0 radical (unpaired) electrons. The van der Waals surface area contributed by atoms with Gasteiger partial charge in [0.05, 0.1) is 12.6 Å². The van der Waals surface area contributed by atoms with E-state index >= 15 is 0 Å². The minimum atomic E-state index is -2.52. The van der Waals surface area contributed by atoms with Crippen molar-refractivity contribution in [2.45, 2.75) is 25.0 Å². The molecule has 0 saturated heterocycles. The van der Waals surface area contributed by atoms with Gasteiger partial charge in [0.15, 0.2) is 0 Å². The van der Waals surface area contributed by atoms with Crippen LogP contribution in [-0.4, -0.2) is 23.5 Å². The van der Waals surface area contributed by atoms with Crippen molar-refractivity contribution in [2.75, 3.05) is 0 Å². The Morgan fingerprint density at radius 1 is 0.870 bits per heavy atom. The molecule has 0 amide bonds. The van der Waals surface area contributed by atoms with Crippen molar-refractivity contribution in [1.82, 2.24) is 0 Å². The molecule has 10 heteroatoms. The first-order valence-corrected chi connectivity index (χ1v) is 5.65. The second-order valence-corrected chi connectivity index (χ2v) is 4.15. The van der Waals surface area contributed by atoms with Gasteiger partial charge >= 0.3 is 88.7 Å². The second-order valence-electron chi connectivity index (χ2n) is 4.15. The standard InChI is InChI=1S/C13H14O7.3Na/c14-10(15)6-13(12(18)19,7-11(16)17)20-8-9-4-2-1-3-5-9;;;/h1-5H,6-8H2,(H,14,15)(H,16,17)(H,18,19);;;/q;3*+1/p-3. The van der Waals surface area contributed by atoms with Crippen LogP contribution in [0.4, 0.5) is 0 Å². The number of carbonyl (C=O) groups excluding carboxylic acids is 3. The van der Waals surface area contributed by atoms with Crippen LogP contribution in [0.3, 0.4) is 0 Å². The molecular weight excluding hydrogens is 337 g/mol. The Hall–Kier alpha value is 0.590. The summed E-state index contributed by atoms with van der Waals surface area (Å²) in [6.07, 6.45) is -2.29. The number of hydrogen-bond acceptors (Lipinski definition) is 7. The third-order valence-corrected chi connectivity index (χ3v) is 2.59. The maximum Gasteiger partial charge on any atom is 1.00 e. The van der Waals surface area contributed by atoms with E-state index in [2.05, 4.69) is 0 Å². The van der Waals surface area contributed by atoms with E-state index in [4.69, 9.17) is 4.74 Å². The van der Waals surface area contributed by atoms with Gasteiger partial charge in [-0.05, 0) is 5.56 Å². The third kappa shape index (κ3) is 10.2. The molecule has 0 aromatic heterocycles. The van der Waals surface area contributed by atoms with Crippen molar-refractivity contribution in [3.05, 3.63) is 35.9 Å². The summed E-state index contributed by atoms with van der Waals surface area (Å²) in [6, 6.07) is 8.27. The SMILES string of the molecule is O=C([O-])CC(CC(=O)[O-])(OCc1ccccc1)C(=O)[O-].[Na+].[Na+].[Na+]. The average molecular weight is 348 g/mol. The van der Waals surface area contributed by atoms with Gasteiger partial charge in [-0.25, -0.2) is 0 Å². The summed E-state index contributed by atoms with van der Waals surface area (Å²) < 4.78 is 5.00. The first-order chi connectivity index (χ1) is 9.35.